The molecule has 0 saturated carbocycles. The zero-order chi connectivity index (χ0) is 13.5. The SMILES string of the molecule is CCCCOC(=O)/C=C/c1nc(C)c(F)cc1N. The Morgan fingerprint density at radius 1 is 1.61 bits per heavy atom. The van der Waals surface area contributed by atoms with Crippen LogP contribution in [0.5, 0.6) is 0 Å². The molecule has 0 bridgehead atoms. The summed E-state index contributed by atoms with van der Waals surface area (Å²) >= 11 is 0. The number of carbonyl (C=O) groups excluding carboxylic acids is 1. The number of nitrogens with zero attached hydrogens (tertiary/aromatic N) is 1. The van der Waals surface area contributed by atoms with Gasteiger partial charge in [-0.2, -0.15) is 0 Å². The fraction of sp³-hybridized carbons (Fsp3) is 0.385. The molecule has 0 aliphatic rings. The maximum Gasteiger partial charge on any atom is 0.330 e. The second-order valence-corrected chi connectivity index (χ2v) is 3.88. The summed E-state index contributed by atoms with van der Waals surface area (Å²) < 4.78 is 18.0. The first-order valence-corrected chi connectivity index (χ1v) is 5.82. The van der Waals surface area contributed by atoms with E-state index in [0.717, 1.165) is 12.8 Å². The number of aryl methyl sites for hydroxylation is 1. The van der Waals surface area contributed by atoms with Crippen molar-refractivity contribution in [2.24, 2.45) is 0 Å². The van der Waals surface area contributed by atoms with Crippen LogP contribution >= 0.6 is 0 Å². The summed E-state index contributed by atoms with van der Waals surface area (Å²) in [6.45, 7) is 3.94. The summed E-state index contributed by atoms with van der Waals surface area (Å²) in [5, 5.41) is 0. The lowest BCUT2D eigenvalue weighted by Gasteiger charge is -2.03. The van der Waals surface area contributed by atoms with Crippen molar-refractivity contribution in [3.63, 3.8) is 0 Å². The second kappa shape index (κ2) is 6.74. The number of pyridine rings is 1. The molecule has 0 amide bonds. The molecule has 0 unspecified atom stereocenters. The van der Waals surface area contributed by atoms with Gasteiger partial charge in [0.1, 0.15) is 5.82 Å². The molecule has 0 aliphatic heterocycles. The maximum absolute atomic E-state index is 13.1. The van der Waals surface area contributed by atoms with E-state index in [1.165, 1.54) is 25.1 Å². The number of aromatic nitrogens is 1. The van der Waals surface area contributed by atoms with Crippen LogP contribution in [-0.4, -0.2) is 17.6 Å². The Bertz CT molecular complexity index is 459. The number of nitrogens with two attached hydrogens (primary N) is 1. The molecular weight excluding hydrogens is 235 g/mol. The normalized spacial score (nSPS) is 10.8. The monoisotopic (exact) mass is 252 g/mol. The van der Waals surface area contributed by atoms with Crippen molar-refractivity contribution in [1.82, 2.24) is 4.98 Å². The molecule has 1 heterocycles. The Balaban J connectivity index is 2.66. The molecular formula is C13H17FN2O2. The van der Waals surface area contributed by atoms with Gasteiger partial charge in [0.05, 0.1) is 23.7 Å². The van der Waals surface area contributed by atoms with E-state index in [0.29, 0.717) is 12.3 Å². The first-order valence-electron chi connectivity index (χ1n) is 5.82. The summed E-state index contributed by atoms with van der Waals surface area (Å²) in [5.41, 5.74) is 6.38. The van der Waals surface area contributed by atoms with Crippen LogP contribution in [0.3, 0.4) is 0 Å². The summed E-state index contributed by atoms with van der Waals surface area (Å²) in [6.07, 6.45) is 4.46. The first kappa shape index (κ1) is 14.2. The van der Waals surface area contributed by atoms with E-state index in [1.807, 2.05) is 6.92 Å². The van der Waals surface area contributed by atoms with Crippen molar-refractivity contribution in [2.45, 2.75) is 26.7 Å². The highest BCUT2D eigenvalue weighted by Crippen LogP contribution is 2.14. The molecule has 1 aromatic rings. The Labute approximate surface area is 106 Å². The molecule has 1 rings (SSSR count). The Kier molecular flexibility index (Phi) is 5.30. The minimum absolute atomic E-state index is 0.190. The number of unbranched alkanes of at least 4 members (excludes halogenated alkanes) is 1. The van der Waals surface area contributed by atoms with Crippen LogP contribution in [0, 0.1) is 12.7 Å². The van der Waals surface area contributed by atoms with Crippen molar-refractivity contribution in [2.75, 3.05) is 12.3 Å². The summed E-state index contributed by atoms with van der Waals surface area (Å²) in [4.78, 5) is 15.2. The number of rotatable bonds is 5. The highest BCUT2D eigenvalue weighted by Gasteiger charge is 2.05. The van der Waals surface area contributed by atoms with Crippen molar-refractivity contribution in [3.05, 3.63) is 29.3 Å². The lowest BCUT2D eigenvalue weighted by molar-refractivity contribution is -0.137. The summed E-state index contributed by atoms with van der Waals surface area (Å²) in [6, 6.07) is 1.18. The number of nitrogen functional groups attached to an aromatic ring is 1. The molecule has 1 aromatic heterocycles. The lowest BCUT2D eigenvalue weighted by atomic mass is 10.2. The molecule has 0 aromatic carbocycles. The Morgan fingerprint density at radius 2 is 2.33 bits per heavy atom. The van der Waals surface area contributed by atoms with Gasteiger partial charge in [0.15, 0.2) is 0 Å². The van der Waals surface area contributed by atoms with Gasteiger partial charge in [-0.3, -0.25) is 0 Å². The molecule has 0 atom stereocenters. The number of ether oxygens (including phenoxy) is 1. The van der Waals surface area contributed by atoms with Crippen molar-refractivity contribution in [3.8, 4) is 0 Å². The molecule has 0 saturated heterocycles. The topological polar surface area (TPSA) is 65.2 Å². The average Bonchev–Trinajstić information content (AvgIpc) is 2.32. The number of hydrogen-bond donors (Lipinski definition) is 1. The number of anilines is 1. The van der Waals surface area contributed by atoms with Crippen LogP contribution in [0.4, 0.5) is 10.1 Å². The van der Waals surface area contributed by atoms with E-state index in [1.54, 1.807) is 0 Å². The van der Waals surface area contributed by atoms with Crippen LogP contribution in [0.2, 0.25) is 0 Å². The summed E-state index contributed by atoms with van der Waals surface area (Å²) in [5.74, 6) is -0.915. The number of esters is 1. The Morgan fingerprint density at radius 3 is 3.00 bits per heavy atom. The van der Waals surface area contributed by atoms with E-state index in [-0.39, 0.29) is 11.4 Å². The van der Waals surface area contributed by atoms with Gasteiger partial charge in [0, 0.05) is 12.1 Å². The quantitative estimate of drug-likeness (QED) is 0.496. The first-order chi connectivity index (χ1) is 8.54. The third-order valence-electron chi connectivity index (χ3n) is 2.33. The Hall–Kier alpha value is -1.91. The van der Waals surface area contributed by atoms with Crippen LogP contribution in [-0.2, 0) is 9.53 Å². The average molecular weight is 252 g/mol. The molecule has 0 aliphatic carbocycles. The van der Waals surface area contributed by atoms with Gasteiger partial charge in [-0.1, -0.05) is 13.3 Å². The molecule has 4 nitrogen and oxygen atoms in total. The smallest absolute Gasteiger partial charge is 0.330 e. The lowest BCUT2D eigenvalue weighted by Crippen LogP contribution is -2.03. The fourth-order valence-electron chi connectivity index (χ4n) is 1.26. The maximum atomic E-state index is 13.1. The molecule has 0 fully saturated rings. The molecule has 5 heteroatoms. The standard InChI is InChI=1S/C13H17FN2O2/c1-3-4-7-18-13(17)6-5-12-11(15)8-10(14)9(2)16-12/h5-6,8H,3-4,7,15H2,1-2H3/b6-5+. The van der Waals surface area contributed by atoms with Crippen LogP contribution in [0.1, 0.15) is 31.2 Å². The number of hydrogen-bond acceptors (Lipinski definition) is 4. The zero-order valence-corrected chi connectivity index (χ0v) is 10.6. The molecule has 0 radical (unpaired) electrons. The van der Waals surface area contributed by atoms with E-state index in [2.05, 4.69) is 4.98 Å². The molecule has 0 spiro atoms. The minimum atomic E-state index is -0.463. The third kappa shape index (κ3) is 4.16. The summed E-state index contributed by atoms with van der Waals surface area (Å²) in [7, 11) is 0. The van der Waals surface area contributed by atoms with Gasteiger partial charge < -0.3 is 10.5 Å². The zero-order valence-electron chi connectivity index (χ0n) is 10.6. The predicted molar refractivity (Wildman–Crippen MR) is 68.2 cm³/mol. The largest absolute Gasteiger partial charge is 0.463 e. The minimum Gasteiger partial charge on any atom is -0.463 e. The number of carbonyl (C=O) groups is 1. The van der Waals surface area contributed by atoms with E-state index in [4.69, 9.17) is 10.5 Å². The van der Waals surface area contributed by atoms with Gasteiger partial charge in [0.2, 0.25) is 0 Å². The molecule has 2 N–H and O–H groups in total. The van der Waals surface area contributed by atoms with E-state index < -0.39 is 11.8 Å². The van der Waals surface area contributed by atoms with Crippen molar-refractivity contribution >= 4 is 17.7 Å². The van der Waals surface area contributed by atoms with Crippen LogP contribution in [0.25, 0.3) is 6.08 Å². The molecule has 98 valence electrons. The van der Waals surface area contributed by atoms with Crippen LogP contribution in [0.15, 0.2) is 12.1 Å². The van der Waals surface area contributed by atoms with Gasteiger partial charge in [0.25, 0.3) is 0 Å². The third-order valence-corrected chi connectivity index (χ3v) is 2.33. The predicted octanol–water partition coefficient (Wildman–Crippen LogP) is 2.47. The van der Waals surface area contributed by atoms with Gasteiger partial charge >= 0.3 is 5.97 Å². The van der Waals surface area contributed by atoms with E-state index >= 15 is 0 Å². The number of halogens is 1. The van der Waals surface area contributed by atoms with Gasteiger partial charge in [-0.15, -0.1) is 0 Å². The highest BCUT2D eigenvalue weighted by atomic mass is 19.1. The van der Waals surface area contributed by atoms with E-state index in [9.17, 15) is 9.18 Å². The van der Waals surface area contributed by atoms with Gasteiger partial charge in [-0.25, -0.2) is 14.2 Å². The fourth-order valence-corrected chi connectivity index (χ4v) is 1.26. The molecule has 18 heavy (non-hydrogen) atoms. The second-order valence-electron chi connectivity index (χ2n) is 3.88. The van der Waals surface area contributed by atoms with Crippen molar-refractivity contribution < 1.29 is 13.9 Å². The highest BCUT2D eigenvalue weighted by molar-refractivity contribution is 5.87. The van der Waals surface area contributed by atoms with Crippen molar-refractivity contribution in [1.29, 1.82) is 0 Å². The van der Waals surface area contributed by atoms with Crippen LogP contribution < -0.4 is 5.73 Å². The van der Waals surface area contributed by atoms with Gasteiger partial charge in [-0.05, 0) is 19.4 Å².